The van der Waals surface area contributed by atoms with Crippen LogP contribution in [0.2, 0.25) is 0 Å². The topological polar surface area (TPSA) is 45.6 Å². The van der Waals surface area contributed by atoms with E-state index in [4.69, 9.17) is 9.84 Å². The predicted octanol–water partition coefficient (Wildman–Crippen LogP) is 1.60. The minimum Gasteiger partial charge on any atom is -0.476 e. The van der Waals surface area contributed by atoms with Crippen LogP contribution in [0.1, 0.15) is 25.1 Å². The van der Waals surface area contributed by atoms with Crippen molar-refractivity contribution in [3.63, 3.8) is 0 Å². The third kappa shape index (κ3) is 3.68. The van der Waals surface area contributed by atoms with Crippen LogP contribution in [0.3, 0.4) is 0 Å². The maximum Gasteiger partial charge on any atom is 0.213 e. The number of aliphatic hydroxyl groups is 1. The molecule has 0 aliphatic rings. The van der Waals surface area contributed by atoms with E-state index in [0.717, 1.165) is 11.3 Å². The van der Waals surface area contributed by atoms with Gasteiger partial charge in [-0.15, -0.1) is 0 Å². The molecule has 4 heteroatoms. The van der Waals surface area contributed by atoms with Crippen molar-refractivity contribution < 1.29 is 9.84 Å². The fourth-order valence-electron chi connectivity index (χ4n) is 1.19. The highest BCUT2D eigenvalue weighted by Crippen LogP contribution is 2.16. The molecule has 17 heavy (non-hydrogen) atoms. The molecule has 0 aliphatic carbocycles. The first-order valence-corrected chi connectivity index (χ1v) is 5.74. The Labute approximate surface area is 103 Å². The maximum absolute atomic E-state index is 9.05. The third-order valence-electron chi connectivity index (χ3n) is 3.12. The first-order chi connectivity index (χ1) is 7.86. The molecule has 1 aromatic rings. The van der Waals surface area contributed by atoms with Crippen LogP contribution >= 0.6 is 0 Å². The zero-order valence-electron chi connectivity index (χ0n) is 11.3. The van der Waals surface area contributed by atoms with Gasteiger partial charge in [-0.05, 0) is 46.5 Å². The van der Waals surface area contributed by atoms with Gasteiger partial charge in [0.25, 0.3) is 0 Å². The van der Waals surface area contributed by atoms with Gasteiger partial charge in [-0.2, -0.15) is 0 Å². The summed E-state index contributed by atoms with van der Waals surface area (Å²) in [6.45, 7) is 6.69. The molecule has 0 aromatic carbocycles. The molecule has 0 spiro atoms. The number of likely N-dealkylation sites (N-methyl/N-ethyl adjacent to an activating group) is 1. The van der Waals surface area contributed by atoms with E-state index in [1.807, 2.05) is 27.1 Å². The number of hydrogen-bond acceptors (Lipinski definition) is 4. The fourth-order valence-corrected chi connectivity index (χ4v) is 1.19. The van der Waals surface area contributed by atoms with E-state index in [0.29, 0.717) is 12.5 Å². The van der Waals surface area contributed by atoms with Gasteiger partial charge in [0, 0.05) is 17.3 Å². The van der Waals surface area contributed by atoms with Gasteiger partial charge in [-0.25, -0.2) is 4.98 Å². The number of hydrogen-bond donors (Lipinski definition) is 1. The molecule has 96 valence electrons. The van der Waals surface area contributed by atoms with Crippen LogP contribution in [0.15, 0.2) is 12.1 Å². The normalized spacial score (nSPS) is 11.9. The van der Waals surface area contributed by atoms with Crippen molar-refractivity contribution >= 4 is 0 Å². The molecule has 0 unspecified atom stereocenters. The lowest BCUT2D eigenvalue weighted by atomic mass is 10.1. The van der Waals surface area contributed by atoms with Crippen molar-refractivity contribution in [2.24, 2.45) is 0 Å². The molecule has 0 atom stereocenters. The minimum atomic E-state index is -0.0365. The van der Waals surface area contributed by atoms with Crippen molar-refractivity contribution in [3.8, 4) is 5.88 Å². The Morgan fingerprint density at radius 2 is 2.00 bits per heavy atom. The van der Waals surface area contributed by atoms with Crippen LogP contribution in [-0.2, 0) is 6.61 Å². The molecule has 1 heterocycles. The van der Waals surface area contributed by atoms with E-state index in [-0.39, 0.29) is 12.1 Å². The lowest BCUT2D eigenvalue weighted by Crippen LogP contribution is -2.43. The van der Waals surface area contributed by atoms with Gasteiger partial charge < -0.3 is 14.7 Å². The molecule has 0 saturated carbocycles. The van der Waals surface area contributed by atoms with E-state index in [1.54, 1.807) is 6.07 Å². The average molecular weight is 238 g/mol. The third-order valence-corrected chi connectivity index (χ3v) is 3.12. The summed E-state index contributed by atoms with van der Waals surface area (Å²) >= 11 is 0. The lowest BCUT2D eigenvalue weighted by molar-refractivity contribution is 0.111. The first kappa shape index (κ1) is 13.9. The van der Waals surface area contributed by atoms with Crippen LogP contribution in [0.5, 0.6) is 5.88 Å². The minimum absolute atomic E-state index is 0.0162. The van der Waals surface area contributed by atoms with Crippen LogP contribution in [0, 0.1) is 6.92 Å². The Morgan fingerprint density at radius 1 is 1.35 bits per heavy atom. The molecular formula is C13H22N2O2. The fraction of sp³-hybridized carbons (Fsp3) is 0.615. The Hall–Kier alpha value is -1.13. The Balaban J connectivity index is 2.67. The molecule has 0 saturated heterocycles. The number of pyridine rings is 1. The predicted molar refractivity (Wildman–Crippen MR) is 68.2 cm³/mol. The summed E-state index contributed by atoms with van der Waals surface area (Å²) in [5, 5.41) is 9.05. The highest BCUT2D eigenvalue weighted by molar-refractivity contribution is 5.24. The van der Waals surface area contributed by atoms with Crippen molar-refractivity contribution in [2.45, 2.75) is 32.9 Å². The van der Waals surface area contributed by atoms with Gasteiger partial charge in [0.1, 0.15) is 6.61 Å². The molecule has 0 bridgehead atoms. The van der Waals surface area contributed by atoms with E-state index in [1.165, 1.54) is 0 Å². The number of ether oxygens (including phenoxy) is 1. The van der Waals surface area contributed by atoms with E-state index >= 15 is 0 Å². The quantitative estimate of drug-likeness (QED) is 0.846. The molecule has 1 rings (SSSR count). The molecule has 0 fully saturated rings. The molecular weight excluding hydrogens is 216 g/mol. The van der Waals surface area contributed by atoms with Crippen LogP contribution in [0.25, 0.3) is 0 Å². The number of rotatable bonds is 5. The summed E-state index contributed by atoms with van der Waals surface area (Å²) in [6.07, 6.45) is 0. The van der Waals surface area contributed by atoms with E-state index in [2.05, 4.69) is 23.7 Å². The Morgan fingerprint density at radius 3 is 2.47 bits per heavy atom. The molecule has 1 N–H and O–H groups in total. The zero-order valence-corrected chi connectivity index (χ0v) is 11.3. The summed E-state index contributed by atoms with van der Waals surface area (Å²) in [6, 6.07) is 3.64. The van der Waals surface area contributed by atoms with Crippen molar-refractivity contribution in [3.05, 3.63) is 23.4 Å². The average Bonchev–Trinajstić information content (AvgIpc) is 2.26. The van der Waals surface area contributed by atoms with Gasteiger partial charge in [0.2, 0.25) is 5.88 Å². The monoisotopic (exact) mass is 238 g/mol. The second-order valence-corrected chi connectivity index (χ2v) is 5.05. The zero-order chi connectivity index (χ0) is 13.1. The molecule has 0 aliphatic heterocycles. The number of aryl methyl sites for hydroxylation is 1. The van der Waals surface area contributed by atoms with Gasteiger partial charge in [-0.3, -0.25) is 0 Å². The van der Waals surface area contributed by atoms with E-state index < -0.39 is 0 Å². The van der Waals surface area contributed by atoms with Gasteiger partial charge in [-0.1, -0.05) is 0 Å². The lowest BCUT2D eigenvalue weighted by Gasteiger charge is -2.31. The van der Waals surface area contributed by atoms with Crippen LogP contribution in [-0.4, -0.2) is 41.2 Å². The smallest absolute Gasteiger partial charge is 0.213 e. The Bertz CT molecular complexity index is 376. The maximum atomic E-state index is 9.05. The molecule has 4 nitrogen and oxygen atoms in total. The standard InChI is InChI=1S/C13H22N2O2/c1-10-11(8-16)6-7-12(14-10)17-9-13(2,3)15(4)5/h6-7,16H,8-9H2,1-5H3. The first-order valence-electron chi connectivity index (χ1n) is 5.74. The molecule has 1 aromatic heterocycles. The van der Waals surface area contributed by atoms with Gasteiger partial charge >= 0.3 is 0 Å². The molecule has 0 amide bonds. The second kappa shape index (κ2) is 5.47. The van der Waals surface area contributed by atoms with E-state index in [9.17, 15) is 0 Å². The summed E-state index contributed by atoms with van der Waals surface area (Å²) in [7, 11) is 4.05. The summed E-state index contributed by atoms with van der Waals surface area (Å²) in [4.78, 5) is 6.42. The number of aliphatic hydroxyl groups excluding tert-OH is 1. The molecule has 0 radical (unpaired) electrons. The Kier molecular flexibility index (Phi) is 4.48. The van der Waals surface area contributed by atoms with Gasteiger partial charge in [0.15, 0.2) is 0 Å². The van der Waals surface area contributed by atoms with Crippen molar-refractivity contribution in [1.29, 1.82) is 0 Å². The van der Waals surface area contributed by atoms with Crippen LogP contribution < -0.4 is 4.74 Å². The summed E-state index contributed by atoms with van der Waals surface area (Å²) in [5.41, 5.74) is 1.61. The number of nitrogens with zero attached hydrogens (tertiary/aromatic N) is 2. The largest absolute Gasteiger partial charge is 0.476 e. The summed E-state index contributed by atoms with van der Waals surface area (Å²) < 4.78 is 5.68. The van der Waals surface area contributed by atoms with Crippen molar-refractivity contribution in [1.82, 2.24) is 9.88 Å². The van der Waals surface area contributed by atoms with Crippen LogP contribution in [0.4, 0.5) is 0 Å². The van der Waals surface area contributed by atoms with Crippen molar-refractivity contribution in [2.75, 3.05) is 20.7 Å². The highest BCUT2D eigenvalue weighted by atomic mass is 16.5. The number of aromatic nitrogens is 1. The highest BCUT2D eigenvalue weighted by Gasteiger charge is 2.21. The van der Waals surface area contributed by atoms with Gasteiger partial charge in [0.05, 0.1) is 6.61 Å². The second-order valence-electron chi connectivity index (χ2n) is 5.05. The summed E-state index contributed by atoms with van der Waals surface area (Å²) in [5.74, 6) is 0.606. The SMILES string of the molecule is Cc1nc(OCC(C)(C)N(C)C)ccc1CO.